The van der Waals surface area contributed by atoms with Crippen LogP contribution in [0.5, 0.6) is 0 Å². The summed E-state index contributed by atoms with van der Waals surface area (Å²) in [5, 5.41) is 1.01. The minimum absolute atomic E-state index is 0.0323. The highest BCUT2D eigenvalue weighted by atomic mass is 35.5. The van der Waals surface area contributed by atoms with E-state index in [-0.39, 0.29) is 12.1 Å². The summed E-state index contributed by atoms with van der Waals surface area (Å²) in [5.41, 5.74) is 0.538. The Kier molecular flexibility index (Phi) is 8.75. The van der Waals surface area contributed by atoms with E-state index in [2.05, 4.69) is 11.9 Å². The first-order valence-corrected chi connectivity index (χ1v) is 12.2. The van der Waals surface area contributed by atoms with Gasteiger partial charge in [-0.25, -0.2) is 0 Å². The van der Waals surface area contributed by atoms with Crippen molar-refractivity contribution in [3.05, 3.63) is 46.0 Å². The molecule has 0 saturated carbocycles. The van der Waals surface area contributed by atoms with Crippen LogP contribution in [0.3, 0.4) is 0 Å². The normalized spacial score (nSPS) is 22.0. The first kappa shape index (κ1) is 23.6. The lowest BCUT2D eigenvalue weighted by Crippen LogP contribution is -2.30. The standard InChI is InChI=1S/C20H28Cl2NO4P/c1-4-26-19(27-5-2)28(24,25)13-7-11-20(10-6-12-23-20)15(3)16-8-9-17(21)18(22)14-16/h6,8-10,12,14-15,19H,4-5,7,11,13H2,1-3H3,(H,24,25). The van der Waals surface area contributed by atoms with Crippen LogP contribution >= 0.6 is 30.6 Å². The molecule has 1 aliphatic rings. The molecule has 3 atom stereocenters. The molecule has 5 nitrogen and oxygen atoms in total. The van der Waals surface area contributed by atoms with Gasteiger partial charge in [0.2, 0.25) is 6.03 Å². The molecule has 0 aliphatic carbocycles. The van der Waals surface area contributed by atoms with Gasteiger partial charge in [0.25, 0.3) is 7.37 Å². The summed E-state index contributed by atoms with van der Waals surface area (Å²) in [7, 11) is -3.60. The number of hydrogen-bond acceptors (Lipinski definition) is 4. The van der Waals surface area contributed by atoms with Crippen molar-refractivity contribution in [2.45, 2.75) is 51.1 Å². The second-order valence-corrected chi connectivity index (χ2v) is 10.0. The fourth-order valence-corrected chi connectivity index (χ4v) is 5.28. The number of ether oxygens (including phenoxy) is 2. The van der Waals surface area contributed by atoms with Crippen molar-refractivity contribution < 1.29 is 18.9 Å². The van der Waals surface area contributed by atoms with Gasteiger partial charge in [-0.3, -0.25) is 9.56 Å². The summed E-state index contributed by atoms with van der Waals surface area (Å²) in [4.78, 5) is 15.1. The van der Waals surface area contributed by atoms with E-state index in [1.54, 1.807) is 26.1 Å². The third-order valence-corrected chi connectivity index (χ3v) is 7.64. The van der Waals surface area contributed by atoms with Crippen LogP contribution in [-0.4, -0.2) is 42.1 Å². The molecule has 0 saturated heterocycles. The van der Waals surface area contributed by atoms with Gasteiger partial charge in [-0.1, -0.05) is 42.3 Å². The Morgan fingerprint density at radius 3 is 2.43 bits per heavy atom. The highest BCUT2D eigenvalue weighted by molar-refractivity contribution is 7.58. The van der Waals surface area contributed by atoms with Crippen molar-refractivity contribution in [3.8, 4) is 0 Å². The van der Waals surface area contributed by atoms with E-state index in [0.29, 0.717) is 36.1 Å². The van der Waals surface area contributed by atoms with E-state index in [1.807, 2.05) is 24.3 Å². The van der Waals surface area contributed by atoms with Gasteiger partial charge in [0.15, 0.2) is 0 Å². The molecule has 0 amide bonds. The number of benzene rings is 1. The maximum absolute atomic E-state index is 12.7. The molecule has 0 bridgehead atoms. The fourth-order valence-electron chi connectivity index (χ4n) is 3.39. The maximum Gasteiger partial charge on any atom is 0.255 e. The molecular weight excluding hydrogens is 420 g/mol. The molecule has 0 aromatic heterocycles. The predicted octanol–water partition coefficient (Wildman–Crippen LogP) is 5.88. The molecule has 3 unspecified atom stereocenters. The van der Waals surface area contributed by atoms with Gasteiger partial charge in [-0.05, 0) is 50.5 Å². The van der Waals surface area contributed by atoms with Crippen LogP contribution in [0, 0.1) is 0 Å². The topological polar surface area (TPSA) is 68.1 Å². The number of nitrogens with zero attached hydrogens (tertiary/aromatic N) is 1. The Morgan fingerprint density at radius 2 is 1.89 bits per heavy atom. The van der Waals surface area contributed by atoms with Crippen LogP contribution in [-0.2, 0) is 14.0 Å². The largest absolute Gasteiger partial charge is 0.345 e. The van der Waals surface area contributed by atoms with Gasteiger partial charge in [0.1, 0.15) is 0 Å². The van der Waals surface area contributed by atoms with Crippen molar-refractivity contribution in [1.82, 2.24) is 0 Å². The van der Waals surface area contributed by atoms with Gasteiger partial charge < -0.3 is 14.4 Å². The number of allylic oxidation sites excluding steroid dienone is 1. The zero-order valence-electron chi connectivity index (χ0n) is 16.5. The van der Waals surface area contributed by atoms with E-state index in [1.165, 1.54) is 0 Å². The van der Waals surface area contributed by atoms with Crippen molar-refractivity contribution >= 4 is 36.8 Å². The zero-order valence-corrected chi connectivity index (χ0v) is 18.9. The highest BCUT2D eigenvalue weighted by Crippen LogP contribution is 2.49. The van der Waals surface area contributed by atoms with Gasteiger partial charge >= 0.3 is 0 Å². The van der Waals surface area contributed by atoms with Crippen LogP contribution in [0.2, 0.25) is 10.0 Å². The van der Waals surface area contributed by atoms with Gasteiger partial charge in [-0.15, -0.1) is 0 Å². The van der Waals surface area contributed by atoms with Crippen molar-refractivity contribution in [2.75, 3.05) is 19.4 Å². The monoisotopic (exact) mass is 447 g/mol. The first-order chi connectivity index (χ1) is 13.3. The average Bonchev–Trinajstić information content (AvgIpc) is 3.13. The Labute approximate surface area is 177 Å². The van der Waals surface area contributed by atoms with Gasteiger partial charge in [-0.2, -0.15) is 0 Å². The molecule has 1 heterocycles. The third kappa shape index (κ3) is 5.69. The lowest BCUT2D eigenvalue weighted by Gasteiger charge is -2.32. The number of aliphatic imine (C=N–C) groups is 1. The van der Waals surface area contributed by atoms with Crippen molar-refractivity contribution in [1.29, 1.82) is 0 Å². The number of hydrogen-bond donors (Lipinski definition) is 1. The molecule has 1 aliphatic heterocycles. The third-order valence-electron chi connectivity index (χ3n) is 4.98. The Balaban J connectivity index is 2.10. The second kappa shape index (κ2) is 10.4. The van der Waals surface area contributed by atoms with Crippen LogP contribution in [0.4, 0.5) is 0 Å². The summed E-state index contributed by atoms with van der Waals surface area (Å²) >= 11 is 12.2. The molecule has 0 radical (unpaired) electrons. The molecule has 2 rings (SSSR count). The molecule has 0 fully saturated rings. The maximum atomic E-state index is 12.7. The zero-order chi connectivity index (χ0) is 20.8. The van der Waals surface area contributed by atoms with E-state index in [0.717, 1.165) is 5.56 Å². The van der Waals surface area contributed by atoms with Crippen LogP contribution in [0.1, 0.15) is 45.1 Å². The second-order valence-electron chi connectivity index (χ2n) is 6.82. The van der Waals surface area contributed by atoms with Gasteiger partial charge in [0, 0.05) is 31.5 Å². The molecule has 28 heavy (non-hydrogen) atoms. The molecule has 1 aromatic rings. The van der Waals surface area contributed by atoms with Crippen LogP contribution in [0.15, 0.2) is 35.3 Å². The number of rotatable bonds is 11. The Morgan fingerprint density at radius 1 is 1.21 bits per heavy atom. The summed E-state index contributed by atoms with van der Waals surface area (Å²) in [6.45, 7) is 6.27. The van der Waals surface area contributed by atoms with E-state index < -0.39 is 18.9 Å². The lowest BCUT2D eigenvalue weighted by molar-refractivity contribution is -0.0871. The molecular formula is C20H28Cl2NO4P. The SMILES string of the molecule is CCOC(OCC)P(=O)(O)CCCC1(C(C)c2ccc(Cl)c(Cl)c2)C=CC=N1. The summed E-state index contributed by atoms with van der Waals surface area (Å²) < 4.78 is 23.4. The lowest BCUT2D eigenvalue weighted by atomic mass is 9.78. The molecule has 1 N–H and O–H groups in total. The summed E-state index contributed by atoms with van der Waals surface area (Å²) in [6, 6.07) is 4.51. The minimum Gasteiger partial charge on any atom is -0.345 e. The van der Waals surface area contributed by atoms with Crippen molar-refractivity contribution in [2.24, 2.45) is 4.99 Å². The minimum atomic E-state index is -3.60. The van der Waals surface area contributed by atoms with Crippen molar-refractivity contribution in [3.63, 3.8) is 0 Å². The summed E-state index contributed by atoms with van der Waals surface area (Å²) in [5.74, 6) is 0.0323. The van der Waals surface area contributed by atoms with E-state index >= 15 is 0 Å². The van der Waals surface area contributed by atoms with Crippen LogP contribution in [0.25, 0.3) is 0 Å². The number of halogens is 2. The van der Waals surface area contributed by atoms with E-state index in [9.17, 15) is 9.46 Å². The first-order valence-electron chi connectivity index (χ1n) is 9.48. The molecule has 156 valence electrons. The summed E-state index contributed by atoms with van der Waals surface area (Å²) in [6.07, 6.45) is 6.97. The smallest absolute Gasteiger partial charge is 0.255 e. The van der Waals surface area contributed by atoms with E-state index in [4.69, 9.17) is 32.7 Å². The Bertz CT molecular complexity index is 751. The Hall–Kier alpha value is -0.680. The van der Waals surface area contributed by atoms with Gasteiger partial charge in [0.05, 0.1) is 15.6 Å². The average molecular weight is 448 g/mol. The highest BCUT2D eigenvalue weighted by Gasteiger charge is 2.38. The quantitative estimate of drug-likeness (QED) is 0.339. The van der Waals surface area contributed by atoms with Crippen LogP contribution < -0.4 is 0 Å². The molecule has 1 aromatic carbocycles. The molecule has 8 heteroatoms. The fraction of sp³-hybridized carbons (Fsp3) is 0.550. The predicted molar refractivity (Wildman–Crippen MR) is 116 cm³/mol. The molecule has 0 spiro atoms.